The Kier molecular flexibility index (Phi) is 2.70. The van der Waals surface area contributed by atoms with Crippen molar-refractivity contribution in [1.29, 1.82) is 0 Å². The van der Waals surface area contributed by atoms with E-state index < -0.39 is 0 Å². The summed E-state index contributed by atoms with van der Waals surface area (Å²) in [6, 6.07) is 7.39. The standard InChI is InChI=1S/C11H10N6S/c1-7-6-17-10(14-15-11(17)18-7)8-3-2-4-9(5-8)13-16-12/h2-5,7H,6H2,1H3. The quantitative estimate of drug-likeness (QED) is 0.470. The summed E-state index contributed by atoms with van der Waals surface area (Å²) < 4.78 is 2.10. The van der Waals surface area contributed by atoms with Gasteiger partial charge >= 0.3 is 0 Å². The molecule has 90 valence electrons. The van der Waals surface area contributed by atoms with E-state index >= 15 is 0 Å². The van der Waals surface area contributed by atoms with Crippen molar-refractivity contribution < 1.29 is 0 Å². The van der Waals surface area contributed by atoms with Crippen molar-refractivity contribution >= 4 is 17.4 Å². The minimum Gasteiger partial charge on any atom is -0.301 e. The second-order valence-corrected chi connectivity index (χ2v) is 5.49. The van der Waals surface area contributed by atoms with Crippen LogP contribution in [0.2, 0.25) is 0 Å². The Morgan fingerprint density at radius 3 is 3.22 bits per heavy atom. The first-order chi connectivity index (χ1) is 8.78. The first-order valence-electron chi connectivity index (χ1n) is 5.53. The van der Waals surface area contributed by atoms with Crippen LogP contribution in [0.15, 0.2) is 34.5 Å². The predicted octanol–water partition coefficient (Wildman–Crippen LogP) is 3.38. The highest BCUT2D eigenvalue weighted by Gasteiger charge is 2.24. The summed E-state index contributed by atoms with van der Waals surface area (Å²) in [5, 5.41) is 13.4. The van der Waals surface area contributed by atoms with Crippen LogP contribution in [0.4, 0.5) is 5.69 Å². The Balaban J connectivity index is 2.06. The van der Waals surface area contributed by atoms with E-state index in [9.17, 15) is 0 Å². The van der Waals surface area contributed by atoms with Gasteiger partial charge in [0.25, 0.3) is 0 Å². The zero-order valence-corrected chi connectivity index (χ0v) is 10.5. The summed E-state index contributed by atoms with van der Waals surface area (Å²) in [5.41, 5.74) is 9.97. The summed E-state index contributed by atoms with van der Waals surface area (Å²) in [5.74, 6) is 0.830. The Hall–Kier alpha value is -1.98. The van der Waals surface area contributed by atoms with E-state index in [2.05, 4.69) is 31.7 Å². The van der Waals surface area contributed by atoms with Gasteiger partial charge in [0.2, 0.25) is 0 Å². The highest BCUT2D eigenvalue weighted by molar-refractivity contribution is 7.99. The van der Waals surface area contributed by atoms with Crippen molar-refractivity contribution in [2.24, 2.45) is 5.11 Å². The zero-order chi connectivity index (χ0) is 12.5. The second-order valence-electron chi connectivity index (χ2n) is 4.09. The molecule has 7 heteroatoms. The van der Waals surface area contributed by atoms with E-state index in [1.54, 1.807) is 17.8 Å². The molecule has 1 aliphatic heterocycles. The normalized spacial score (nSPS) is 17.3. The van der Waals surface area contributed by atoms with Crippen molar-refractivity contribution in [3.8, 4) is 11.4 Å². The predicted molar refractivity (Wildman–Crippen MR) is 69.6 cm³/mol. The van der Waals surface area contributed by atoms with Gasteiger partial charge in [-0.1, -0.05) is 42.0 Å². The topological polar surface area (TPSA) is 79.5 Å². The van der Waals surface area contributed by atoms with Crippen molar-refractivity contribution in [2.45, 2.75) is 23.9 Å². The lowest BCUT2D eigenvalue weighted by atomic mass is 10.2. The Morgan fingerprint density at radius 1 is 1.50 bits per heavy atom. The van der Waals surface area contributed by atoms with Gasteiger partial charge in [-0.25, -0.2) is 0 Å². The van der Waals surface area contributed by atoms with Gasteiger partial charge in [-0.2, -0.15) is 0 Å². The van der Waals surface area contributed by atoms with Crippen LogP contribution < -0.4 is 0 Å². The third-order valence-corrected chi connectivity index (χ3v) is 3.79. The summed E-state index contributed by atoms with van der Waals surface area (Å²) in [6.45, 7) is 3.08. The lowest BCUT2D eigenvalue weighted by Gasteiger charge is -2.04. The molecule has 1 aromatic carbocycles. The van der Waals surface area contributed by atoms with Crippen LogP contribution >= 0.6 is 11.8 Å². The fraction of sp³-hybridized carbons (Fsp3) is 0.273. The van der Waals surface area contributed by atoms with E-state index in [0.717, 1.165) is 23.1 Å². The van der Waals surface area contributed by atoms with E-state index in [4.69, 9.17) is 5.53 Å². The maximum absolute atomic E-state index is 8.45. The highest BCUT2D eigenvalue weighted by Crippen LogP contribution is 2.34. The second kappa shape index (κ2) is 4.36. The van der Waals surface area contributed by atoms with Crippen LogP contribution in [0.25, 0.3) is 21.8 Å². The van der Waals surface area contributed by atoms with Gasteiger partial charge in [0.1, 0.15) is 0 Å². The molecule has 0 radical (unpaired) electrons. The Morgan fingerprint density at radius 2 is 2.39 bits per heavy atom. The number of rotatable bonds is 2. The SMILES string of the molecule is CC1Cn2c(nnc2-c2cccc(N=[N+]=[N-])c2)S1. The van der Waals surface area contributed by atoms with E-state index in [1.807, 2.05) is 18.2 Å². The molecule has 18 heavy (non-hydrogen) atoms. The van der Waals surface area contributed by atoms with Gasteiger partial charge in [0.15, 0.2) is 11.0 Å². The van der Waals surface area contributed by atoms with E-state index in [0.29, 0.717) is 10.9 Å². The van der Waals surface area contributed by atoms with Crippen LogP contribution in [-0.2, 0) is 6.54 Å². The van der Waals surface area contributed by atoms with Gasteiger partial charge < -0.3 is 4.57 Å². The summed E-state index contributed by atoms with van der Waals surface area (Å²) in [4.78, 5) is 2.79. The maximum Gasteiger partial charge on any atom is 0.191 e. The minimum absolute atomic E-state index is 0.523. The Bertz CT molecular complexity index is 643. The third-order valence-electron chi connectivity index (χ3n) is 2.73. The van der Waals surface area contributed by atoms with Gasteiger partial charge in [-0.15, -0.1) is 10.2 Å². The fourth-order valence-electron chi connectivity index (χ4n) is 1.99. The molecule has 6 nitrogen and oxygen atoms in total. The van der Waals surface area contributed by atoms with Crippen LogP contribution in [0, 0.1) is 0 Å². The molecule has 0 bridgehead atoms. The van der Waals surface area contributed by atoms with Crippen molar-refractivity contribution in [3.05, 3.63) is 34.7 Å². The van der Waals surface area contributed by atoms with Gasteiger partial charge in [0, 0.05) is 28.0 Å². The fourth-order valence-corrected chi connectivity index (χ4v) is 2.95. The van der Waals surface area contributed by atoms with Gasteiger partial charge in [0.05, 0.1) is 0 Å². The molecule has 0 saturated carbocycles. The number of thioether (sulfide) groups is 1. The van der Waals surface area contributed by atoms with Crippen LogP contribution in [-0.4, -0.2) is 20.0 Å². The molecule has 0 aliphatic carbocycles. The molecule has 0 spiro atoms. The molecule has 0 saturated heterocycles. The molecule has 2 aromatic rings. The smallest absolute Gasteiger partial charge is 0.191 e. The Labute approximate surface area is 108 Å². The zero-order valence-electron chi connectivity index (χ0n) is 9.69. The van der Waals surface area contributed by atoms with E-state index in [1.165, 1.54) is 0 Å². The summed E-state index contributed by atoms with van der Waals surface area (Å²) in [7, 11) is 0. The van der Waals surface area contributed by atoms with Crippen LogP contribution in [0.5, 0.6) is 0 Å². The average molecular weight is 258 g/mol. The number of benzene rings is 1. The number of hydrogen-bond donors (Lipinski definition) is 0. The van der Waals surface area contributed by atoms with Crippen molar-refractivity contribution in [1.82, 2.24) is 14.8 Å². The average Bonchev–Trinajstić information content (AvgIpc) is 2.88. The van der Waals surface area contributed by atoms with Crippen LogP contribution in [0.3, 0.4) is 0 Å². The first kappa shape index (κ1) is 11.1. The number of hydrogen-bond acceptors (Lipinski definition) is 4. The maximum atomic E-state index is 8.45. The monoisotopic (exact) mass is 258 g/mol. The number of nitrogens with zero attached hydrogens (tertiary/aromatic N) is 6. The van der Waals surface area contributed by atoms with E-state index in [-0.39, 0.29) is 0 Å². The lowest BCUT2D eigenvalue weighted by molar-refractivity contribution is 0.675. The molecule has 1 aromatic heterocycles. The first-order valence-corrected chi connectivity index (χ1v) is 6.41. The highest BCUT2D eigenvalue weighted by atomic mass is 32.2. The van der Waals surface area contributed by atoms with Crippen LogP contribution in [0.1, 0.15) is 6.92 Å². The molecule has 0 N–H and O–H groups in total. The van der Waals surface area contributed by atoms with Gasteiger partial charge in [-0.05, 0) is 11.6 Å². The largest absolute Gasteiger partial charge is 0.301 e. The summed E-state index contributed by atoms with van der Waals surface area (Å²) >= 11 is 1.73. The van der Waals surface area contributed by atoms with Gasteiger partial charge in [-0.3, -0.25) is 0 Å². The molecule has 1 atom stereocenters. The molecule has 0 amide bonds. The lowest BCUT2D eigenvalue weighted by Crippen LogP contribution is -2.02. The molecular weight excluding hydrogens is 248 g/mol. The summed E-state index contributed by atoms with van der Waals surface area (Å²) in [6.07, 6.45) is 0. The number of aromatic nitrogens is 3. The molecule has 1 unspecified atom stereocenters. The molecule has 1 aliphatic rings. The van der Waals surface area contributed by atoms with Crippen molar-refractivity contribution in [2.75, 3.05) is 0 Å². The molecule has 2 heterocycles. The molecular formula is C11H10N6S. The molecule has 0 fully saturated rings. The minimum atomic E-state index is 0.523. The molecule has 3 rings (SSSR count). The number of azide groups is 1. The third kappa shape index (κ3) is 1.83. The van der Waals surface area contributed by atoms with Crippen molar-refractivity contribution in [3.63, 3.8) is 0 Å². The number of fused-ring (bicyclic) bond motifs is 1.